The molecular weight excluding hydrogens is 525 g/mol. The largest absolute Gasteiger partial charge is 0.485 e. The smallest absolute Gasteiger partial charge is 0.416 e. The van der Waals surface area contributed by atoms with E-state index in [1.54, 1.807) is 0 Å². The van der Waals surface area contributed by atoms with Gasteiger partial charge in [0.25, 0.3) is 10.0 Å². The zero-order valence-electron chi connectivity index (χ0n) is 18.7. The number of rotatable bonds is 6. The highest BCUT2D eigenvalue weighted by Gasteiger charge is 2.40. The van der Waals surface area contributed by atoms with Crippen molar-refractivity contribution < 1.29 is 44.6 Å². The number of sulfonamides is 1. The number of nitrogens with zero attached hydrogens (tertiary/aromatic N) is 1. The average Bonchev–Trinajstić information content (AvgIpc) is 3.34. The van der Waals surface area contributed by atoms with Crippen LogP contribution in [0.25, 0.3) is 0 Å². The van der Waals surface area contributed by atoms with Crippen LogP contribution in [-0.2, 0) is 26.0 Å². The van der Waals surface area contributed by atoms with Crippen LogP contribution in [0.3, 0.4) is 0 Å². The number of ether oxygens (including phenoxy) is 1. The van der Waals surface area contributed by atoms with E-state index in [2.05, 4.69) is 5.32 Å². The van der Waals surface area contributed by atoms with Gasteiger partial charge in [-0.05, 0) is 49.2 Å². The van der Waals surface area contributed by atoms with E-state index in [0.717, 1.165) is 41.4 Å². The Bertz CT molecular complexity index is 1370. The minimum atomic E-state index is -4.79. The molecule has 0 spiro atoms. The third kappa shape index (κ3) is 5.38. The lowest BCUT2D eigenvalue weighted by atomic mass is 10.2. The maximum atomic E-state index is 13.5. The molecule has 0 aromatic heterocycles. The van der Waals surface area contributed by atoms with Crippen LogP contribution in [0.4, 0.5) is 29.3 Å². The highest BCUT2D eigenvalue weighted by Crippen LogP contribution is 2.40. The zero-order chi connectivity index (χ0) is 26.3. The first-order valence-corrected chi connectivity index (χ1v) is 14.1. The molecule has 2 aliphatic rings. The molecule has 0 bridgehead atoms. The van der Waals surface area contributed by atoms with Crippen molar-refractivity contribution in [1.82, 2.24) is 0 Å². The van der Waals surface area contributed by atoms with Gasteiger partial charge in [0, 0.05) is 5.69 Å². The zero-order valence-corrected chi connectivity index (χ0v) is 20.4. The molecule has 14 heteroatoms. The number of carboxylic acid groups (broad SMARTS) is 1. The fourth-order valence-electron chi connectivity index (χ4n) is 4.43. The Kier molecular flexibility index (Phi) is 6.86. The summed E-state index contributed by atoms with van der Waals surface area (Å²) in [6, 6.07) is 6.94. The van der Waals surface area contributed by atoms with Gasteiger partial charge >= 0.3 is 12.3 Å². The quantitative estimate of drug-likeness (QED) is 0.556. The first-order valence-electron chi connectivity index (χ1n) is 11.0. The second kappa shape index (κ2) is 9.47. The van der Waals surface area contributed by atoms with Crippen LogP contribution >= 0.6 is 0 Å². The van der Waals surface area contributed by atoms with Gasteiger partial charge in [-0.15, -0.1) is 0 Å². The van der Waals surface area contributed by atoms with Crippen molar-refractivity contribution in [2.75, 3.05) is 21.9 Å². The lowest BCUT2D eigenvalue weighted by Gasteiger charge is -2.36. The van der Waals surface area contributed by atoms with Crippen molar-refractivity contribution in [3.05, 3.63) is 48.0 Å². The van der Waals surface area contributed by atoms with E-state index in [-0.39, 0.29) is 17.1 Å². The molecule has 1 atom stereocenters. The number of amides is 1. The highest BCUT2D eigenvalue weighted by molar-refractivity contribution is 7.93. The number of fused-ring (bicyclic) bond motifs is 1. The highest BCUT2D eigenvalue weighted by atomic mass is 32.2. The number of anilines is 2. The monoisotopic (exact) mass is 548 g/mol. The van der Waals surface area contributed by atoms with Crippen molar-refractivity contribution >= 4 is 37.3 Å². The standard InChI is InChI=1S/C22H23F3N2O7S2/c23-22(24,25)14-4-3-7-18(10-14)36(32,33)27-12-16(13-35(30,31)17-5-1-2-6-17)34-20-9-8-15(11-19(20)27)26-21(28)29/h3-4,7-11,16-17,26H,1-2,5-6,12-13H2,(H,28,29). The third-order valence-corrected chi connectivity index (χ3v) is 10.2. The van der Waals surface area contributed by atoms with E-state index in [1.165, 1.54) is 12.1 Å². The second-order valence-electron chi connectivity index (χ2n) is 8.65. The van der Waals surface area contributed by atoms with Crippen LogP contribution < -0.4 is 14.4 Å². The van der Waals surface area contributed by atoms with Crippen LogP contribution in [0.1, 0.15) is 31.2 Å². The Labute approximate surface area is 205 Å². The van der Waals surface area contributed by atoms with Gasteiger partial charge in [-0.3, -0.25) is 9.62 Å². The summed E-state index contributed by atoms with van der Waals surface area (Å²) in [4.78, 5) is 10.4. The van der Waals surface area contributed by atoms with Crippen LogP contribution in [0.5, 0.6) is 5.75 Å². The lowest BCUT2D eigenvalue weighted by molar-refractivity contribution is -0.137. The minimum absolute atomic E-state index is 0.00822. The van der Waals surface area contributed by atoms with Gasteiger partial charge in [-0.2, -0.15) is 13.2 Å². The Morgan fingerprint density at radius 3 is 2.42 bits per heavy atom. The number of sulfone groups is 1. The van der Waals surface area contributed by atoms with Crippen LogP contribution in [0.15, 0.2) is 47.4 Å². The first kappa shape index (κ1) is 26.1. The molecule has 1 aliphatic carbocycles. The van der Waals surface area contributed by atoms with Crippen molar-refractivity contribution in [1.29, 1.82) is 0 Å². The molecule has 9 nitrogen and oxygen atoms in total. The molecule has 0 radical (unpaired) electrons. The predicted molar refractivity (Wildman–Crippen MR) is 125 cm³/mol. The van der Waals surface area contributed by atoms with E-state index in [4.69, 9.17) is 9.84 Å². The molecular formula is C22H23F3N2O7S2. The summed E-state index contributed by atoms with van der Waals surface area (Å²) >= 11 is 0. The molecule has 2 aromatic carbocycles. The molecule has 4 rings (SSSR count). The molecule has 1 aliphatic heterocycles. The minimum Gasteiger partial charge on any atom is -0.485 e. The first-order chi connectivity index (χ1) is 16.8. The predicted octanol–water partition coefficient (Wildman–Crippen LogP) is 4.11. The number of nitrogens with one attached hydrogen (secondary N) is 1. The molecule has 1 unspecified atom stereocenters. The van der Waals surface area contributed by atoms with Gasteiger partial charge in [0.15, 0.2) is 9.84 Å². The van der Waals surface area contributed by atoms with Crippen molar-refractivity contribution in [2.45, 2.75) is 48.1 Å². The molecule has 1 saturated carbocycles. The van der Waals surface area contributed by atoms with Crippen LogP contribution in [0, 0.1) is 0 Å². The fourth-order valence-corrected chi connectivity index (χ4v) is 7.99. The van der Waals surface area contributed by atoms with Crippen LogP contribution in [0.2, 0.25) is 0 Å². The number of carbonyl (C=O) groups is 1. The maximum Gasteiger partial charge on any atom is 0.416 e. The van der Waals surface area contributed by atoms with Gasteiger partial charge in [-0.25, -0.2) is 21.6 Å². The second-order valence-corrected chi connectivity index (χ2v) is 12.8. The molecule has 0 saturated heterocycles. The van der Waals surface area contributed by atoms with Crippen LogP contribution in [-0.4, -0.2) is 51.7 Å². The normalized spacial score (nSPS) is 19.0. The van der Waals surface area contributed by atoms with E-state index in [0.29, 0.717) is 18.9 Å². The van der Waals surface area contributed by atoms with Gasteiger partial charge in [0.05, 0.1) is 33.7 Å². The summed E-state index contributed by atoms with van der Waals surface area (Å²) in [5, 5.41) is 10.5. The summed E-state index contributed by atoms with van der Waals surface area (Å²) in [6.45, 7) is -0.492. The molecule has 1 heterocycles. The van der Waals surface area contributed by atoms with Gasteiger partial charge in [0.2, 0.25) is 0 Å². The number of hydrogen-bond donors (Lipinski definition) is 2. The summed E-state index contributed by atoms with van der Waals surface area (Å²) in [5.41, 5.74) is -1.31. The van der Waals surface area contributed by atoms with E-state index < -0.39 is 66.2 Å². The van der Waals surface area contributed by atoms with E-state index >= 15 is 0 Å². The number of halogens is 3. The van der Waals surface area contributed by atoms with Gasteiger partial charge in [0.1, 0.15) is 11.9 Å². The number of benzene rings is 2. The van der Waals surface area contributed by atoms with E-state index in [9.17, 15) is 34.8 Å². The Morgan fingerprint density at radius 1 is 1.08 bits per heavy atom. The molecule has 2 N–H and O–H groups in total. The molecule has 1 amide bonds. The Morgan fingerprint density at radius 2 is 1.78 bits per heavy atom. The fraction of sp³-hybridized carbons (Fsp3) is 0.409. The Balaban J connectivity index is 1.75. The van der Waals surface area contributed by atoms with Crippen molar-refractivity contribution in [3.8, 4) is 5.75 Å². The summed E-state index contributed by atoms with van der Waals surface area (Å²) in [6.07, 6.45) is -4.78. The van der Waals surface area contributed by atoms with Gasteiger partial charge in [-0.1, -0.05) is 18.9 Å². The topological polar surface area (TPSA) is 130 Å². The molecule has 36 heavy (non-hydrogen) atoms. The molecule has 1 fully saturated rings. The summed E-state index contributed by atoms with van der Waals surface area (Å²) < 4.78 is 99.2. The summed E-state index contributed by atoms with van der Waals surface area (Å²) in [7, 11) is -8.26. The number of alkyl halides is 3. The molecule has 196 valence electrons. The lowest BCUT2D eigenvalue weighted by Crippen LogP contribution is -2.47. The third-order valence-electron chi connectivity index (χ3n) is 6.12. The maximum absolute atomic E-state index is 13.5. The summed E-state index contributed by atoms with van der Waals surface area (Å²) in [5.74, 6) is -0.514. The van der Waals surface area contributed by atoms with Crippen molar-refractivity contribution in [2.24, 2.45) is 0 Å². The Hall–Kier alpha value is -3.00. The average molecular weight is 549 g/mol. The number of hydrogen-bond acceptors (Lipinski definition) is 6. The van der Waals surface area contributed by atoms with Gasteiger partial charge < -0.3 is 9.84 Å². The SMILES string of the molecule is O=C(O)Nc1ccc2c(c1)N(S(=O)(=O)c1cccc(C(F)(F)F)c1)CC(CS(=O)(=O)C1CCCC1)O2. The van der Waals surface area contributed by atoms with E-state index in [1.807, 2.05) is 0 Å². The molecule has 2 aromatic rings. The van der Waals surface area contributed by atoms with Crippen molar-refractivity contribution in [3.63, 3.8) is 0 Å².